The van der Waals surface area contributed by atoms with Gasteiger partial charge in [0.25, 0.3) is 0 Å². The maximum absolute atomic E-state index is 5.62. The van der Waals surface area contributed by atoms with Crippen LogP contribution < -0.4 is 14.8 Å². The largest absolute Gasteiger partial charge is 0.492 e. The van der Waals surface area contributed by atoms with Crippen molar-refractivity contribution in [1.29, 1.82) is 0 Å². The molecule has 2 rings (SSSR count). The molecule has 1 N–H and O–H groups in total. The lowest BCUT2D eigenvalue weighted by Crippen LogP contribution is -2.25. The van der Waals surface area contributed by atoms with Crippen LogP contribution in [0.4, 0.5) is 0 Å². The van der Waals surface area contributed by atoms with Gasteiger partial charge in [-0.25, -0.2) is 0 Å². The number of nitrogens with one attached hydrogen (secondary N) is 1. The molecule has 0 unspecified atom stereocenters. The maximum Gasteiger partial charge on any atom is 0.119 e. The van der Waals surface area contributed by atoms with E-state index in [2.05, 4.69) is 24.4 Å². The summed E-state index contributed by atoms with van der Waals surface area (Å²) in [5.41, 5.74) is 1.24. The third-order valence-corrected chi connectivity index (χ3v) is 2.86. The molecule has 0 radical (unpaired) electrons. The summed E-state index contributed by atoms with van der Waals surface area (Å²) in [7, 11) is 0. The van der Waals surface area contributed by atoms with Crippen LogP contribution in [-0.4, -0.2) is 26.3 Å². The average Bonchev–Trinajstić information content (AvgIpc) is 2.49. The number of para-hydroxylation sites is 1. The number of hydrogen-bond donors (Lipinski definition) is 1. The first-order chi connectivity index (χ1) is 9.84. The van der Waals surface area contributed by atoms with Crippen LogP contribution in [0.3, 0.4) is 0 Å². The molecule has 20 heavy (non-hydrogen) atoms. The minimum absolute atomic E-state index is 0.661. The molecule has 0 aliphatic heterocycles. The van der Waals surface area contributed by atoms with E-state index in [-0.39, 0.29) is 0 Å². The van der Waals surface area contributed by atoms with Gasteiger partial charge in [0.2, 0.25) is 0 Å². The van der Waals surface area contributed by atoms with Crippen molar-refractivity contribution in [2.24, 2.45) is 0 Å². The normalized spacial score (nSPS) is 10.2. The molecular formula is C17H21NO2. The standard InChI is InChI=1S/C17H21NO2/c1-15-7-9-17(10-8-15)20-14-12-18-11-13-19-16-5-3-2-4-6-16/h2-10,18H,11-14H2,1H3. The fraction of sp³-hybridized carbons (Fsp3) is 0.294. The molecule has 0 aliphatic carbocycles. The van der Waals surface area contributed by atoms with Crippen molar-refractivity contribution in [3.8, 4) is 11.5 Å². The summed E-state index contributed by atoms with van der Waals surface area (Å²) in [6.07, 6.45) is 0. The van der Waals surface area contributed by atoms with Gasteiger partial charge in [0.05, 0.1) is 0 Å². The molecule has 3 heteroatoms. The van der Waals surface area contributed by atoms with Gasteiger partial charge in [-0.2, -0.15) is 0 Å². The highest BCUT2D eigenvalue weighted by atomic mass is 16.5. The average molecular weight is 271 g/mol. The highest BCUT2D eigenvalue weighted by molar-refractivity contribution is 5.26. The summed E-state index contributed by atoms with van der Waals surface area (Å²) >= 11 is 0. The minimum Gasteiger partial charge on any atom is -0.492 e. The van der Waals surface area contributed by atoms with Gasteiger partial charge in [-0.05, 0) is 31.2 Å². The molecule has 0 aliphatic rings. The van der Waals surface area contributed by atoms with Crippen LogP contribution in [0.5, 0.6) is 11.5 Å². The third-order valence-electron chi connectivity index (χ3n) is 2.86. The Bertz CT molecular complexity index is 482. The second kappa shape index (κ2) is 8.23. The summed E-state index contributed by atoms with van der Waals surface area (Å²) in [5, 5.41) is 3.29. The lowest BCUT2D eigenvalue weighted by molar-refractivity contribution is 0.289. The van der Waals surface area contributed by atoms with Crippen LogP contribution >= 0.6 is 0 Å². The Labute approximate surface area is 120 Å². The SMILES string of the molecule is Cc1ccc(OCCNCCOc2ccccc2)cc1. The first kappa shape index (κ1) is 14.4. The topological polar surface area (TPSA) is 30.5 Å². The van der Waals surface area contributed by atoms with Crippen molar-refractivity contribution in [3.05, 3.63) is 60.2 Å². The molecule has 0 saturated heterocycles. The van der Waals surface area contributed by atoms with Gasteiger partial charge in [-0.1, -0.05) is 35.9 Å². The summed E-state index contributed by atoms with van der Waals surface area (Å²) < 4.78 is 11.2. The second-order valence-corrected chi connectivity index (χ2v) is 4.57. The van der Waals surface area contributed by atoms with Crippen molar-refractivity contribution >= 4 is 0 Å². The Kier molecular flexibility index (Phi) is 5.93. The molecule has 3 nitrogen and oxygen atoms in total. The van der Waals surface area contributed by atoms with Crippen molar-refractivity contribution in [2.45, 2.75) is 6.92 Å². The lowest BCUT2D eigenvalue weighted by Gasteiger charge is -2.09. The molecule has 0 aromatic heterocycles. The van der Waals surface area contributed by atoms with Crippen molar-refractivity contribution in [3.63, 3.8) is 0 Å². The van der Waals surface area contributed by atoms with Crippen molar-refractivity contribution in [1.82, 2.24) is 5.32 Å². The van der Waals surface area contributed by atoms with E-state index in [1.54, 1.807) is 0 Å². The van der Waals surface area contributed by atoms with E-state index in [0.29, 0.717) is 13.2 Å². The fourth-order valence-electron chi connectivity index (χ4n) is 1.76. The van der Waals surface area contributed by atoms with Crippen molar-refractivity contribution in [2.75, 3.05) is 26.3 Å². The van der Waals surface area contributed by atoms with Gasteiger partial charge in [-0.3, -0.25) is 0 Å². The van der Waals surface area contributed by atoms with Gasteiger partial charge in [-0.15, -0.1) is 0 Å². The fourth-order valence-corrected chi connectivity index (χ4v) is 1.76. The Hall–Kier alpha value is -2.00. The van der Waals surface area contributed by atoms with E-state index in [0.717, 1.165) is 24.6 Å². The van der Waals surface area contributed by atoms with Gasteiger partial charge in [0.1, 0.15) is 24.7 Å². The van der Waals surface area contributed by atoms with E-state index < -0.39 is 0 Å². The van der Waals surface area contributed by atoms with Crippen LogP contribution in [0.25, 0.3) is 0 Å². The molecule has 0 atom stereocenters. The number of aryl methyl sites for hydroxylation is 1. The monoisotopic (exact) mass is 271 g/mol. The molecule has 0 amide bonds. The van der Waals surface area contributed by atoms with Gasteiger partial charge >= 0.3 is 0 Å². The Morgan fingerprint density at radius 1 is 0.750 bits per heavy atom. The van der Waals surface area contributed by atoms with E-state index in [1.165, 1.54) is 5.56 Å². The summed E-state index contributed by atoms with van der Waals surface area (Å²) in [6, 6.07) is 17.9. The van der Waals surface area contributed by atoms with Crippen molar-refractivity contribution < 1.29 is 9.47 Å². The summed E-state index contributed by atoms with van der Waals surface area (Å²) in [6.45, 7) is 5.01. The second-order valence-electron chi connectivity index (χ2n) is 4.57. The molecule has 0 spiro atoms. The number of hydrogen-bond acceptors (Lipinski definition) is 3. The Balaban J connectivity index is 1.51. The molecule has 0 bridgehead atoms. The molecule has 0 saturated carbocycles. The summed E-state index contributed by atoms with van der Waals surface area (Å²) in [4.78, 5) is 0. The molecular weight excluding hydrogens is 250 g/mol. The van der Waals surface area contributed by atoms with E-state index in [1.807, 2.05) is 42.5 Å². The third kappa shape index (κ3) is 5.33. The highest BCUT2D eigenvalue weighted by Crippen LogP contribution is 2.10. The van der Waals surface area contributed by atoms with Gasteiger partial charge < -0.3 is 14.8 Å². The molecule has 0 heterocycles. The quantitative estimate of drug-likeness (QED) is 0.749. The zero-order chi connectivity index (χ0) is 14.0. The van der Waals surface area contributed by atoms with Crippen LogP contribution in [0.2, 0.25) is 0 Å². The Morgan fingerprint density at radius 3 is 1.90 bits per heavy atom. The minimum atomic E-state index is 0.661. The number of ether oxygens (including phenoxy) is 2. The lowest BCUT2D eigenvalue weighted by atomic mass is 10.2. The van der Waals surface area contributed by atoms with E-state index >= 15 is 0 Å². The smallest absolute Gasteiger partial charge is 0.119 e. The molecule has 0 fully saturated rings. The van der Waals surface area contributed by atoms with Crippen LogP contribution in [0, 0.1) is 6.92 Å². The zero-order valence-corrected chi connectivity index (χ0v) is 11.8. The first-order valence-corrected chi connectivity index (χ1v) is 6.92. The molecule has 2 aromatic carbocycles. The van der Waals surface area contributed by atoms with Crippen LogP contribution in [0.15, 0.2) is 54.6 Å². The molecule has 106 valence electrons. The molecule has 2 aromatic rings. The predicted molar refractivity (Wildman–Crippen MR) is 81.5 cm³/mol. The van der Waals surface area contributed by atoms with E-state index in [4.69, 9.17) is 9.47 Å². The van der Waals surface area contributed by atoms with Gasteiger partial charge in [0, 0.05) is 13.1 Å². The Morgan fingerprint density at radius 2 is 1.30 bits per heavy atom. The van der Waals surface area contributed by atoms with Crippen LogP contribution in [0.1, 0.15) is 5.56 Å². The number of rotatable bonds is 8. The first-order valence-electron chi connectivity index (χ1n) is 6.92. The number of benzene rings is 2. The van der Waals surface area contributed by atoms with Gasteiger partial charge in [0.15, 0.2) is 0 Å². The van der Waals surface area contributed by atoms with E-state index in [9.17, 15) is 0 Å². The maximum atomic E-state index is 5.62. The summed E-state index contributed by atoms with van der Waals surface area (Å²) in [5.74, 6) is 1.82. The highest BCUT2D eigenvalue weighted by Gasteiger charge is 1.94. The van der Waals surface area contributed by atoms with Crippen LogP contribution in [-0.2, 0) is 0 Å². The predicted octanol–water partition coefficient (Wildman–Crippen LogP) is 3.04. The zero-order valence-electron chi connectivity index (χ0n) is 11.8.